The van der Waals surface area contributed by atoms with E-state index in [-0.39, 0.29) is 17.3 Å². The minimum Gasteiger partial charge on any atom is -0.396 e. The van der Waals surface area contributed by atoms with Crippen LogP contribution in [0.15, 0.2) is 0 Å². The van der Waals surface area contributed by atoms with E-state index >= 15 is 0 Å². The van der Waals surface area contributed by atoms with Crippen LogP contribution in [0.25, 0.3) is 0 Å². The quantitative estimate of drug-likeness (QED) is 0.669. The second kappa shape index (κ2) is 9.16. The Kier molecular flexibility index (Phi) is 9.10. The van der Waals surface area contributed by atoms with Crippen molar-refractivity contribution in [2.24, 2.45) is 5.92 Å². The van der Waals surface area contributed by atoms with E-state index in [1.165, 1.54) is 0 Å². The molecule has 1 amide bonds. The zero-order valence-corrected chi connectivity index (χ0v) is 11.2. The lowest BCUT2D eigenvalue weighted by atomic mass is 10.0. The van der Waals surface area contributed by atoms with Crippen molar-refractivity contribution >= 4 is 21.8 Å². The lowest BCUT2D eigenvalue weighted by Crippen LogP contribution is -2.34. The third-order valence-corrected chi connectivity index (χ3v) is 3.51. The van der Waals surface area contributed by atoms with E-state index in [0.717, 1.165) is 25.7 Å². The first kappa shape index (κ1) is 14.9. The van der Waals surface area contributed by atoms with Crippen molar-refractivity contribution in [2.45, 2.75) is 44.4 Å². The van der Waals surface area contributed by atoms with Crippen LogP contribution in [-0.4, -0.2) is 29.0 Å². The molecule has 0 rings (SSSR count). The van der Waals surface area contributed by atoms with Crippen molar-refractivity contribution in [3.8, 4) is 0 Å². The van der Waals surface area contributed by atoms with Crippen LogP contribution in [0.5, 0.6) is 0 Å². The van der Waals surface area contributed by atoms with E-state index in [0.29, 0.717) is 12.5 Å². The maximum atomic E-state index is 11.5. The van der Waals surface area contributed by atoms with Crippen LogP contribution in [-0.2, 0) is 4.79 Å². The van der Waals surface area contributed by atoms with Crippen LogP contribution in [0.2, 0.25) is 0 Å². The van der Waals surface area contributed by atoms with Crippen LogP contribution in [0.3, 0.4) is 0 Å². The molecule has 4 heteroatoms. The zero-order valence-electron chi connectivity index (χ0n) is 9.63. The second-order valence-corrected chi connectivity index (χ2v) is 4.89. The number of aliphatic hydroxyl groups excluding tert-OH is 1. The standard InChI is InChI=1S/C11H22BrNO2/c1-3-5-9(6-7-14)8-13-11(15)10(12)4-2/h9-10,14H,3-8H2,1-2H3,(H,13,15). The fraction of sp³-hybridized carbons (Fsp3) is 0.909. The molecule has 0 heterocycles. The summed E-state index contributed by atoms with van der Waals surface area (Å²) in [5, 5.41) is 11.8. The number of hydrogen-bond donors (Lipinski definition) is 2. The van der Waals surface area contributed by atoms with E-state index in [4.69, 9.17) is 5.11 Å². The Morgan fingerprint density at radius 3 is 2.53 bits per heavy atom. The molecule has 0 saturated heterocycles. The molecule has 2 atom stereocenters. The summed E-state index contributed by atoms with van der Waals surface area (Å²) in [6.45, 7) is 4.96. The third kappa shape index (κ3) is 6.90. The Labute approximate surface area is 101 Å². The van der Waals surface area contributed by atoms with Gasteiger partial charge in [-0.3, -0.25) is 4.79 Å². The largest absolute Gasteiger partial charge is 0.396 e. The van der Waals surface area contributed by atoms with Crippen LogP contribution in [0.4, 0.5) is 0 Å². The molecule has 3 nitrogen and oxygen atoms in total. The van der Waals surface area contributed by atoms with Crippen molar-refractivity contribution in [3.05, 3.63) is 0 Å². The molecule has 0 aliphatic carbocycles. The van der Waals surface area contributed by atoms with Crippen LogP contribution < -0.4 is 5.32 Å². The Morgan fingerprint density at radius 1 is 1.40 bits per heavy atom. The molecule has 0 fully saturated rings. The summed E-state index contributed by atoms with van der Waals surface area (Å²) >= 11 is 3.31. The number of rotatable bonds is 8. The average molecular weight is 280 g/mol. The first-order valence-corrected chi connectivity index (χ1v) is 6.59. The molecule has 2 N–H and O–H groups in total. The lowest BCUT2D eigenvalue weighted by molar-refractivity contribution is -0.120. The van der Waals surface area contributed by atoms with Gasteiger partial charge in [0.25, 0.3) is 0 Å². The predicted molar refractivity (Wildman–Crippen MR) is 66.1 cm³/mol. The van der Waals surface area contributed by atoms with Crippen LogP contribution >= 0.6 is 15.9 Å². The van der Waals surface area contributed by atoms with Gasteiger partial charge < -0.3 is 10.4 Å². The molecule has 2 unspecified atom stereocenters. The molecule has 0 aromatic rings. The Morgan fingerprint density at radius 2 is 2.07 bits per heavy atom. The topological polar surface area (TPSA) is 49.3 Å². The van der Waals surface area contributed by atoms with Crippen molar-refractivity contribution < 1.29 is 9.90 Å². The van der Waals surface area contributed by atoms with E-state index in [9.17, 15) is 4.79 Å². The minimum atomic E-state index is -0.0890. The highest BCUT2D eigenvalue weighted by Gasteiger charge is 2.14. The first-order chi connectivity index (χ1) is 7.15. The monoisotopic (exact) mass is 279 g/mol. The number of amides is 1. The predicted octanol–water partition coefficient (Wildman–Crippen LogP) is 2.07. The van der Waals surface area contributed by atoms with E-state index < -0.39 is 0 Å². The summed E-state index contributed by atoms with van der Waals surface area (Å²) in [6.07, 6.45) is 3.71. The summed E-state index contributed by atoms with van der Waals surface area (Å²) in [5.74, 6) is 0.456. The molecule has 0 aromatic heterocycles. The number of carbonyl (C=O) groups excluding carboxylic acids is 1. The number of halogens is 1. The number of aliphatic hydroxyl groups is 1. The van der Waals surface area contributed by atoms with Crippen LogP contribution in [0, 0.1) is 5.92 Å². The Balaban J connectivity index is 3.82. The van der Waals surface area contributed by atoms with Crippen molar-refractivity contribution in [3.63, 3.8) is 0 Å². The normalized spacial score (nSPS) is 14.7. The van der Waals surface area contributed by atoms with Gasteiger partial charge >= 0.3 is 0 Å². The molecular weight excluding hydrogens is 258 g/mol. The van der Waals surface area contributed by atoms with Gasteiger partial charge in [-0.2, -0.15) is 0 Å². The molecule has 0 bridgehead atoms. The average Bonchev–Trinajstić information content (AvgIpc) is 2.25. The highest BCUT2D eigenvalue weighted by atomic mass is 79.9. The van der Waals surface area contributed by atoms with Gasteiger partial charge in [0.05, 0.1) is 4.83 Å². The van der Waals surface area contributed by atoms with E-state index in [1.807, 2.05) is 6.92 Å². The van der Waals surface area contributed by atoms with Crippen molar-refractivity contribution in [1.82, 2.24) is 5.32 Å². The summed E-state index contributed by atoms with van der Waals surface area (Å²) in [7, 11) is 0. The van der Waals surface area contributed by atoms with Gasteiger partial charge in [-0.25, -0.2) is 0 Å². The Hall–Kier alpha value is -0.0900. The van der Waals surface area contributed by atoms with Gasteiger partial charge in [-0.15, -0.1) is 0 Å². The first-order valence-electron chi connectivity index (χ1n) is 5.68. The van der Waals surface area contributed by atoms with Gasteiger partial charge in [-0.05, 0) is 25.2 Å². The summed E-state index contributed by atoms with van der Waals surface area (Å²) in [4.78, 5) is 11.4. The molecule has 0 aliphatic rings. The van der Waals surface area contributed by atoms with Gasteiger partial charge in [0.2, 0.25) is 5.91 Å². The van der Waals surface area contributed by atoms with Crippen LogP contribution in [0.1, 0.15) is 39.5 Å². The van der Waals surface area contributed by atoms with Crippen molar-refractivity contribution in [2.75, 3.05) is 13.2 Å². The fourth-order valence-electron chi connectivity index (χ4n) is 1.48. The third-order valence-electron chi connectivity index (χ3n) is 2.44. The molecule has 0 aromatic carbocycles. The van der Waals surface area contributed by atoms with E-state index in [2.05, 4.69) is 28.2 Å². The molecule has 0 radical (unpaired) electrons. The zero-order chi connectivity index (χ0) is 11.7. The molecule has 90 valence electrons. The fourth-order valence-corrected chi connectivity index (χ4v) is 1.64. The highest BCUT2D eigenvalue weighted by Crippen LogP contribution is 2.10. The molecular formula is C11H22BrNO2. The maximum Gasteiger partial charge on any atom is 0.233 e. The Bertz CT molecular complexity index is 170. The number of nitrogens with one attached hydrogen (secondary N) is 1. The molecule has 0 spiro atoms. The lowest BCUT2D eigenvalue weighted by Gasteiger charge is -2.16. The van der Waals surface area contributed by atoms with Gasteiger partial charge in [0.15, 0.2) is 0 Å². The van der Waals surface area contributed by atoms with Crippen molar-refractivity contribution in [1.29, 1.82) is 0 Å². The van der Waals surface area contributed by atoms with Gasteiger partial charge in [-0.1, -0.05) is 36.2 Å². The summed E-state index contributed by atoms with van der Waals surface area (Å²) < 4.78 is 0. The second-order valence-electron chi connectivity index (χ2n) is 3.79. The van der Waals surface area contributed by atoms with Gasteiger partial charge in [0.1, 0.15) is 0 Å². The van der Waals surface area contributed by atoms with E-state index in [1.54, 1.807) is 0 Å². The molecule has 0 aliphatic heterocycles. The SMILES string of the molecule is CCCC(CCO)CNC(=O)C(Br)CC. The number of alkyl halides is 1. The highest BCUT2D eigenvalue weighted by molar-refractivity contribution is 9.10. The summed E-state index contributed by atoms with van der Waals surface area (Å²) in [6, 6.07) is 0. The molecule has 15 heavy (non-hydrogen) atoms. The minimum absolute atomic E-state index is 0.0524. The maximum absolute atomic E-state index is 11.5. The number of carbonyl (C=O) groups is 1. The smallest absolute Gasteiger partial charge is 0.233 e. The molecule has 0 saturated carbocycles. The number of hydrogen-bond acceptors (Lipinski definition) is 2. The van der Waals surface area contributed by atoms with Gasteiger partial charge in [0, 0.05) is 13.2 Å². The summed E-state index contributed by atoms with van der Waals surface area (Å²) in [5.41, 5.74) is 0.